The molecule has 0 unspecified atom stereocenters. The van der Waals surface area contributed by atoms with Crippen LogP contribution in [0, 0.1) is 6.92 Å². The van der Waals surface area contributed by atoms with E-state index in [-0.39, 0.29) is 18.1 Å². The number of imide groups is 1. The predicted molar refractivity (Wildman–Crippen MR) is 125 cm³/mol. The first kappa shape index (κ1) is 23.9. The van der Waals surface area contributed by atoms with Crippen molar-refractivity contribution in [3.63, 3.8) is 0 Å². The molecule has 2 aromatic carbocycles. The van der Waals surface area contributed by atoms with Crippen molar-refractivity contribution >= 4 is 46.5 Å². The van der Waals surface area contributed by atoms with Crippen molar-refractivity contribution in [2.45, 2.75) is 13.8 Å². The van der Waals surface area contributed by atoms with Crippen molar-refractivity contribution in [1.82, 2.24) is 4.90 Å². The number of carbonyl (C=O) groups is 4. The van der Waals surface area contributed by atoms with Gasteiger partial charge in [0.15, 0.2) is 18.1 Å². The summed E-state index contributed by atoms with van der Waals surface area (Å²) in [5, 5.41) is 2.14. The summed E-state index contributed by atoms with van der Waals surface area (Å²) in [4.78, 5) is 49.5. The summed E-state index contributed by atoms with van der Waals surface area (Å²) in [5.74, 6) is -0.965. The maximum absolute atomic E-state index is 12.7. The van der Waals surface area contributed by atoms with Crippen LogP contribution in [-0.2, 0) is 14.4 Å². The fraction of sp³-hybridized carbons (Fsp3) is 0.217. The second-order valence-electron chi connectivity index (χ2n) is 7.08. The molecular formula is C23H23N3O6S. The van der Waals surface area contributed by atoms with E-state index in [0.717, 1.165) is 22.2 Å². The number of rotatable bonds is 9. The van der Waals surface area contributed by atoms with Crippen LogP contribution in [0.1, 0.15) is 18.1 Å². The number of thioether (sulfide) groups is 1. The lowest BCUT2D eigenvalue weighted by molar-refractivity contribution is -0.127. The van der Waals surface area contributed by atoms with E-state index in [2.05, 4.69) is 5.32 Å². The Bertz CT molecular complexity index is 1110. The van der Waals surface area contributed by atoms with Gasteiger partial charge in [0.1, 0.15) is 6.54 Å². The predicted octanol–water partition coefficient (Wildman–Crippen LogP) is 2.93. The number of benzene rings is 2. The maximum atomic E-state index is 12.7. The third-order valence-corrected chi connectivity index (χ3v) is 5.35. The lowest BCUT2D eigenvalue weighted by atomic mass is 10.2. The molecule has 0 saturated carbocycles. The Labute approximate surface area is 194 Å². The van der Waals surface area contributed by atoms with Gasteiger partial charge in [0.25, 0.3) is 17.1 Å². The van der Waals surface area contributed by atoms with Crippen LogP contribution in [0.2, 0.25) is 0 Å². The summed E-state index contributed by atoms with van der Waals surface area (Å²) >= 11 is 0.750. The molecule has 0 atom stereocenters. The number of hydrogen-bond acceptors (Lipinski definition) is 7. The van der Waals surface area contributed by atoms with Gasteiger partial charge in [0, 0.05) is 5.69 Å². The van der Waals surface area contributed by atoms with Crippen LogP contribution >= 0.6 is 11.8 Å². The van der Waals surface area contributed by atoms with E-state index in [1.54, 1.807) is 37.3 Å². The number of nitrogens with two attached hydrogens (primary N) is 1. The Morgan fingerprint density at radius 1 is 1.09 bits per heavy atom. The normalized spacial score (nSPS) is 14.5. The van der Waals surface area contributed by atoms with E-state index >= 15 is 0 Å². The van der Waals surface area contributed by atoms with Crippen molar-refractivity contribution in [3.05, 3.63) is 58.5 Å². The van der Waals surface area contributed by atoms with E-state index in [0.29, 0.717) is 29.4 Å². The minimum absolute atomic E-state index is 0.177. The fourth-order valence-corrected chi connectivity index (χ4v) is 3.76. The van der Waals surface area contributed by atoms with Gasteiger partial charge in [0.05, 0.1) is 11.5 Å². The average Bonchev–Trinajstić information content (AvgIpc) is 3.02. The summed E-state index contributed by atoms with van der Waals surface area (Å²) in [5.41, 5.74) is 7.32. The highest BCUT2D eigenvalue weighted by Crippen LogP contribution is 2.34. The number of nitrogens with one attached hydrogen (secondary N) is 1. The number of anilines is 1. The highest BCUT2D eigenvalue weighted by atomic mass is 32.2. The highest BCUT2D eigenvalue weighted by molar-refractivity contribution is 8.18. The SMILES string of the molecule is CCOc1cc(/C=C2\SC(=O)N(CC(=O)Nc3ccc(C)cc3)C2=O)ccc1OCC(N)=O. The lowest BCUT2D eigenvalue weighted by Crippen LogP contribution is -2.36. The zero-order valence-electron chi connectivity index (χ0n) is 18.1. The molecule has 0 bridgehead atoms. The first-order valence-corrected chi connectivity index (χ1v) is 10.9. The number of nitrogens with zero attached hydrogens (tertiary/aromatic N) is 1. The van der Waals surface area contributed by atoms with Crippen molar-refractivity contribution in [2.75, 3.05) is 25.1 Å². The van der Waals surface area contributed by atoms with Crippen LogP contribution in [-0.4, -0.2) is 47.6 Å². The van der Waals surface area contributed by atoms with Crippen molar-refractivity contribution in [2.24, 2.45) is 5.73 Å². The van der Waals surface area contributed by atoms with Gasteiger partial charge in [-0.15, -0.1) is 0 Å². The van der Waals surface area contributed by atoms with E-state index in [1.807, 2.05) is 19.1 Å². The molecule has 1 fully saturated rings. The molecule has 1 heterocycles. The molecule has 1 aliphatic rings. The Kier molecular flexibility index (Phi) is 7.73. The second kappa shape index (κ2) is 10.7. The molecule has 0 aromatic heterocycles. The van der Waals surface area contributed by atoms with Crippen LogP contribution in [0.4, 0.5) is 10.5 Å². The van der Waals surface area contributed by atoms with E-state index < -0.39 is 23.0 Å². The minimum atomic E-state index is -0.624. The summed E-state index contributed by atoms with van der Waals surface area (Å²) in [6.07, 6.45) is 1.53. The van der Waals surface area contributed by atoms with Gasteiger partial charge in [-0.1, -0.05) is 23.8 Å². The number of hydrogen-bond donors (Lipinski definition) is 2. The molecular weight excluding hydrogens is 446 g/mol. The van der Waals surface area contributed by atoms with Crippen molar-refractivity contribution in [3.8, 4) is 11.5 Å². The van der Waals surface area contributed by atoms with Crippen molar-refractivity contribution in [1.29, 1.82) is 0 Å². The van der Waals surface area contributed by atoms with Gasteiger partial charge in [-0.3, -0.25) is 24.1 Å². The Hall–Kier alpha value is -3.79. The van der Waals surface area contributed by atoms with E-state index in [1.165, 1.54) is 6.08 Å². The standard InChI is InChI=1S/C23H23N3O6S/c1-3-31-18-10-15(6-9-17(18)32-13-20(24)27)11-19-22(29)26(23(30)33-19)12-21(28)25-16-7-4-14(2)5-8-16/h4-11H,3,12-13H2,1-2H3,(H2,24,27)(H,25,28)/b19-11-. The number of ether oxygens (including phenoxy) is 2. The number of carbonyl (C=O) groups excluding carboxylic acids is 4. The molecule has 10 heteroatoms. The molecule has 1 aliphatic heterocycles. The topological polar surface area (TPSA) is 128 Å². The van der Waals surface area contributed by atoms with Crippen LogP contribution in [0.15, 0.2) is 47.4 Å². The van der Waals surface area contributed by atoms with Gasteiger partial charge in [-0.2, -0.15) is 0 Å². The average molecular weight is 470 g/mol. The first-order valence-electron chi connectivity index (χ1n) is 10.1. The Morgan fingerprint density at radius 2 is 1.82 bits per heavy atom. The molecule has 0 aliphatic carbocycles. The van der Waals surface area contributed by atoms with Crippen LogP contribution < -0.4 is 20.5 Å². The van der Waals surface area contributed by atoms with Crippen LogP contribution in [0.5, 0.6) is 11.5 Å². The first-order chi connectivity index (χ1) is 15.8. The summed E-state index contributed by atoms with van der Waals surface area (Å²) < 4.78 is 10.9. The molecule has 4 amide bonds. The quantitative estimate of drug-likeness (QED) is 0.540. The molecule has 9 nitrogen and oxygen atoms in total. The summed E-state index contributed by atoms with van der Waals surface area (Å²) in [6.45, 7) is 3.38. The smallest absolute Gasteiger partial charge is 0.294 e. The van der Waals surface area contributed by atoms with Gasteiger partial charge in [-0.05, 0) is 61.5 Å². The second-order valence-corrected chi connectivity index (χ2v) is 8.07. The molecule has 3 N–H and O–H groups in total. The Morgan fingerprint density at radius 3 is 2.48 bits per heavy atom. The molecule has 3 rings (SSSR count). The highest BCUT2D eigenvalue weighted by Gasteiger charge is 2.36. The van der Waals surface area contributed by atoms with Gasteiger partial charge in [-0.25, -0.2) is 0 Å². The number of amides is 4. The third kappa shape index (κ3) is 6.36. The minimum Gasteiger partial charge on any atom is -0.490 e. The van der Waals surface area contributed by atoms with Crippen LogP contribution in [0.25, 0.3) is 6.08 Å². The molecule has 33 heavy (non-hydrogen) atoms. The monoisotopic (exact) mass is 469 g/mol. The molecule has 0 radical (unpaired) electrons. The lowest BCUT2D eigenvalue weighted by Gasteiger charge is -2.13. The zero-order chi connectivity index (χ0) is 24.0. The van der Waals surface area contributed by atoms with Gasteiger partial charge in [0.2, 0.25) is 5.91 Å². The van der Waals surface area contributed by atoms with E-state index in [4.69, 9.17) is 15.2 Å². The van der Waals surface area contributed by atoms with Crippen LogP contribution in [0.3, 0.4) is 0 Å². The molecule has 2 aromatic rings. The largest absolute Gasteiger partial charge is 0.490 e. The zero-order valence-corrected chi connectivity index (χ0v) is 18.9. The number of aryl methyl sites for hydroxylation is 1. The Balaban J connectivity index is 1.71. The third-order valence-electron chi connectivity index (χ3n) is 4.45. The maximum Gasteiger partial charge on any atom is 0.294 e. The van der Waals surface area contributed by atoms with E-state index in [9.17, 15) is 19.2 Å². The molecule has 1 saturated heterocycles. The molecule has 0 spiro atoms. The summed E-state index contributed by atoms with van der Waals surface area (Å²) in [7, 11) is 0. The molecule has 172 valence electrons. The fourth-order valence-electron chi connectivity index (χ4n) is 2.92. The van der Waals surface area contributed by atoms with Crippen molar-refractivity contribution < 1.29 is 28.7 Å². The van der Waals surface area contributed by atoms with Gasteiger partial charge < -0.3 is 20.5 Å². The summed E-state index contributed by atoms with van der Waals surface area (Å²) in [6, 6.07) is 12.0. The number of primary amides is 1. The van der Waals surface area contributed by atoms with Gasteiger partial charge >= 0.3 is 0 Å².